The van der Waals surface area contributed by atoms with Crippen LogP contribution in [0.25, 0.3) is 23.2 Å². The molecular weight excluding hydrogens is 416 g/mol. The molecule has 1 aromatic carbocycles. The third-order valence-electron chi connectivity index (χ3n) is 4.02. The van der Waals surface area contributed by atoms with Crippen LogP contribution < -0.4 is 10.6 Å². The Kier molecular flexibility index (Phi) is 7.46. The molecule has 0 spiro atoms. The minimum absolute atomic E-state index is 0.0825. The van der Waals surface area contributed by atoms with Crippen LogP contribution in [0.5, 0.6) is 0 Å². The Morgan fingerprint density at radius 3 is 2.62 bits per heavy atom. The molecule has 3 amide bonds. The second-order valence-corrected chi connectivity index (χ2v) is 7.05. The van der Waals surface area contributed by atoms with Crippen LogP contribution in [-0.4, -0.2) is 51.3 Å². The SMILES string of the molecule is CC(C)CNC(=O)NC(=O)COC(=O)/C(=C/c1ccco1)n1nnnc1-c1ccccc1. The fourth-order valence-electron chi connectivity index (χ4n) is 2.54. The van der Waals surface area contributed by atoms with Crippen molar-refractivity contribution in [2.45, 2.75) is 13.8 Å². The lowest BCUT2D eigenvalue weighted by molar-refractivity contribution is -0.142. The number of aromatic nitrogens is 4. The molecular formula is C21H22N6O5. The molecule has 3 aromatic rings. The van der Waals surface area contributed by atoms with Gasteiger partial charge in [0.05, 0.1) is 6.26 Å². The van der Waals surface area contributed by atoms with Gasteiger partial charge in [0, 0.05) is 18.2 Å². The van der Waals surface area contributed by atoms with E-state index in [4.69, 9.17) is 9.15 Å². The van der Waals surface area contributed by atoms with Gasteiger partial charge in [-0.25, -0.2) is 9.59 Å². The minimum atomic E-state index is -0.886. The van der Waals surface area contributed by atoms with E-state index >= 15 is 0 Å². The molecule has 2 aromatic heterocycles. The second-order valence-electron chi connectivity index (χ2n) is 7.05. The third kappa shape index (κ3) is 6.11. The molecule has 3 rings (SSSR count). The molecule has 2 heterocycles. The van der Waals surface area contributed by atoms with Crippen LogP contribution in [-0.2, 0) is 14.3 Å². The van der Waals surface area contributed by atoms with Gasteiger partial charge in [0.25, 0.3) is 5.91 Å². The Hall–Kier alpha value is -4.28. The van der Waals surface area contributed by atoms with Crippen molar-refractivity contribution in [3.8, 4) is 11.4 Å². The molecule has 0 unspecified atom stereocenters. The van der Waals surface area contributed by atoms with Gasteiger partial charge in [-0.15, -0.1) is 5.10 Å². The van der Waals surface area contributed by atoms with Crippen LogP contribution >= 0.6 is 0 Å². The number of carbonyl (C=O) groups is 3. The number of tetrazole rings is 1. The third-order valence-corrected chi connectivity index (χ3v) is 4.02. The van der Waals surface area contributed by atoms with E-state index in [2.05, 4.69) is 26.2 Å². The Morgan fingerprint density at radius 1 is 1.16 bits per heavy atom. The highest BCUT2D eigenvalue weighted by Crippen LogP contribution is 2.21. The maximum absolute atomic E-state index is 12.8. The summed E-state index contributed by atoms with van der Waals surface area (Å²) in [5.74, 6) is -0.805. The minimum Gasteiger partial charge on any atom is -0.465 e. The van der Waals surface area contributed by atoms with Crippen LogP contribution in [0.3, 0.4) is 0 Å². The van der Waals surface area contributed by atoms with E-state index in [-0.39, 0.29) is 17.4 Å². The Bertz CT molecular complexity index is 1090. The fraction of sp³-hybridized carbons (Fsp3) is 0.238. The number of ether oxygens (including phenoxy) is 1. The maximum atomic E-state index is 12.8. The van der Waals surface area contributed by atoms with Gasteiger partial charge in [-0.05, 0) is 28.5 Å². The van der Waals surface area contributed by atoms with Gasteiger partial charge in [0.2, 0.25) is 0 Å². The Labute approximate surface area is 183 Å². The number of furan rings is 1. The molecule has 0 atom stereocenters. The number of hydrogen-bond donors (Lipinski definition) is 2. The van der Waals surface area contributed by atoms with Crippen molar-refractivity contribution in [2.24, 2.45) is 5.92 Å². The van der Waals surface area contributed by atoms with Crippen LogP contribution in [0.2, 0.25) is 0 Å². The van der Waals surface area contributed by atoms with E-state index in [1.54, 1.807) is 36.4 Å². The topological polar surface area (TPSA) is 141 Å². The van der Waals surface area contributed by atoms with E-state index in [0.717, 1.165) is 0 Å². The monoisotopic (exact) mass is 438 g/mol. The molecule has 0 saturated heterocycles. The van der Waals surface area contributed by atoms with Gasteiger partial charge < -0.3 is 14.5 Å². The average Bonchev–Trinajstić information content (AvgIpc) is 3.47. The zero-order valence-electron chi connectivity index (χ0n) is 17.5. The first-order valence-corrected chi connectivity index (χ1v) is 9.78. The average molecular weight is 438 g/mol. The smallest absolute Gasteiger partial charge is 0.357 e. The van der Waals surface area contributed by atoms with Crippen molar-refractivity contribution in [1.29, 1.82) is 0 Å². The number of urea groups is 1. The quantitative estimate of drug-likeness (QED) is 0.402. The Balaban J connectivity index is 1.75. The van der Waals surface area contributed by atoms with Crippen molar-refractivity contribution in [3.63, 3.8) is 0 Å². The lowest BCUT2D eigenvalue weighted by Crippen LogP contribution is -2.42. The van der Waals surface area contributed by atoms with Gasteiger partial charge in [0.1, 0.15) is 5.76 Å². The zero-order chi connectivity index (χ0) is 22.9. The van der Waals surface area contributed by atoms with Crippen molar-refractivity contribution in [2.75, 3.05) is 13.2 Å². The molecule has 0 radical (unpaired) electrons. The highest BCUT2D eigenvalue weighted by Gasteiger charge is 2.22. The summed E-state index contributed by atoms with van der Waals surface area (Å²) in [6, 6.07) is 11.6. The van der Waals surface area contributed by atoms with Gasteiger partial charge in [-0.1, -0.05) is 44.2 Å². The molecule has 32 heavy (non-hydrogen) atoms. The van der Waals surface area contributed by atoms with Crippen molar-refractivity contribution in [1.82, 2.24) is 30.8 Å². The molecule has 2 N–H and O–H groups in total. The zero-order valence-corrected chi connectivity index (χ0v) is 17.5. The maximum Gasteiger partial charge on any atom is 0.357 e. The molecule has 0 aliphatic carbocycles. The molecule has 166 valence electrons. The van der Waals surface area contributed by atoms with E-state index in [1.165, 1.54) is 17.0 Å². The van der Waals surface area contributed by atoms with E-state index in [1.807, 2.05) is 19.9 Å². The summed E-state index contributed by atoms with van der Waals surface area (Å²) in [4.78, 5) is 36.5. The number of rotatable bonds is 8. The van der Waals surface area contributed by atoms with Gasteiger partial charge in [-0.2, -0.15) is 4.68 Å². The number of nitrogens with one attached hydrogen (secondary N) is 2. The molecule has 11 nitrogen and oxygen atoms in total. The molecule has 0 aliphatic rings. The van der Waals surface area contributed by atoms with Crippen LogP contribution in [0.1, 0.15) is 19.6 Å². The van der Waals surface area contributed by atoms with Crippen LogP contribution in [0, 0.1) is 5.92 Å². The lowest BCUT2D eigenvalue weighted by atomic mass is 10.2. The van der Waals surface area contributed by atoms with Gasteiger partial charge in [0.15, 0.2) is 18.1 Å². The molecule has 0 saturated carbocycles. The largest absolute Gasteiger partial charge is 0.465 e. The first-order valence-electron chi connectivity index (χ1n) is 9.78. The van der Waals surface area contributed by atoms with E-state index in [9.17, 15) is 14.4 Å². The van der Waals surface area contributed by atoms with Crippen molar-refractivity contribution < 1.29 is 23.5 Å². The predicted octanol–water partition coefficient (Wildman–Crippen LogP) is 1.96. The fourth-order valence-corrected chi connectivity index (χ4v) is 2.54. The van der Waals surface area contributed by atoms with Crippen LogP contribution in [0.15, 0.2) is 53.1 Å². The van der Waals surface area contributed by atoms with E-state index in [0.29, 0.717) is 17.9 Å². The summed E-state index contributed by atoms with van der Waals surface area (Å²) >= 11 is 0. The summed E-state index contributed by atoms with van der Waals surface area (Å²) in [5.41, 5.74) is 0.580. The number of esters is 1. The summed E-state index contributed by atoms with van der Waals surface area (Å²) < 4.78 is 11.6. The highest BCUT2D eigenvalue weighted by molar-refractivity contribution is 6.16. The first kappa shape index (κ1) is 22.4. The molecule has 11 heteroatoms. The van der Waals surface area contributed by atoms with Gasteiger partial charge in [-0.3, -0.25) is 10.1 Å². The normalized spacial score (nSPS) is 11.3. The van der Waals surface area contributed by atoms with E-state index < -0.39 is 24.5 Å². The lowest BCUT2D eigenvalue weighted by Gasteiger charge is -2.11. The summed E-state index contributed by atoms with van der Waals surface area (Å²) in [5, 5.41) is 16.2. The number of nitrogens with zero attached hydrogens (tertiary/aromatic N) is 4. The number of carbonyl (C=O) groups excluding carboxylic acids is 3. The first-order chi connectivity index (χ1) is 15.4. The standard InChI is InChI=1S/C21H22N6O5/c1-14(2)12-22-21(30)23-18(28)13-32-20(29)17(11-16-9-6-10-31-16)27-19(24-25-26-27)15-7-4-3-5-8-15/h3-11,14H,12-13H2,1-2H3,(H2,22,23,28,30)/b17-11-. The van der Waals surface area contributed by atoms with Crippen LogP contribution in [0.4, 0.5) is 4.79 Å². The van der Waals surface area contributed by atoms with Gasteiger partial charge >= 0.3 is 12.0 Å². The molecule has 0 fully saturated rings. The summed E-state index contributed by atoms with van der Waals surface area (Å²) in [7, 11) is 0. The van der Waals surface area contributed by atoms with Crippen molar-refractivity contribution in [3.05, 3.63) is 54.5 Å². The molecule has 0 bridgehead atoms. The Morgan fingerprint density at radius 2 is 1.94 bits per heavy atom. The number of amides is 3. The second kappa shape index (κ2) is 10.7. The predicted molar refractivity (Wildman–Crippen MR) is 113 cm³/mol. The number of benzene rings is 1. The number of imide groups is 1. The molecule has 0 aliphatic heterocycles. The summed E-state index contributed by atoms with van der Waals surface area (Å²) in [6.45, 7) is 3.56. The summed E-state index contributed by atoms with van der Waals surface area (Å²) in [6.07, 6.45) is 2.83. The van der Waals surface area contributed by atoms with Crippen molar-refractivity contribution >= 4 is 29.7 Å². The number of hydrogen-bond acceptors (Lipinski definition) is 8. The highest BCUT2D eigenvalue weighted by atomic mass is 16.5.